The van der Waals surface area contributed by atoms with Crippen LogP contribution in [0.1, 0.15) is 39.5 Å². The molecular formula is C11H25BrO3S. The van der Waals surface area contributed by atoms with Gasteiger partial charge in [-0.1, -0.05) is 28.8 Å². The maximum absolute atomic E-state index is 8.33. The molecule has 0 aliphatic heterocycles. The molecule has 3 nitrogen and oxygen atoms in total. The summed E-state index contributed by atoms with van der Waals surface area (Å²) in [5.41, 5.74) is 0. The third-order valence-electron chi connectivity index (χ3n) is 1.64. The second-order valence-electron chi connectivity index (χ2n) is 3.15. The monoisotopic (exact) mass is 316 g/mol. The molecular weight excluding hydrogens is 292 g/mol. The Morgan fingerprint density at radius 3 is 2.25 bits per heavy atom. The minimum Gasteiger partial charge on any atom is -0.368 e. The summed E-state index contributed by atoms with van der Waals surface area (Å²) in [7, 11) is 0. The van der Waals surface area contributed by atoms with Crippen molar-refractivity contribution in [2.45, 2.75) is 45.8 Å². The Morgan fingerprint density at radius 2 is 1.88 bits per heavy atom. The molecule has 100 valence electrons. The molecule has 0 amide bonds. The molecule has 0 saturated heterocycles. The average molecular weight is 317 g/mol. The van der Waals surface area contributed by atoms with E-state index in [0.29, 0.717) is 6.61 Å². The molecule has 1 atom stereocenters. The topological polar surface area (TPSA) is 38.7 Å². The summed E-state index contributed by atoms with van der Waals surface area (Å²) in [4.78, 5) is 0. The molecule has 0 fully saturated rings. The van der Waals surface area contributed by atoms with Gasteiger partial charge in [0, 0.05) is 18.2 Å². The second-order valence-corrected chi connectivity index (χ2v) is 4.51. The molecule has 0 aliphatic rings. The lowest BCUT2D eigenvalue weighted by molar-refractivity contribution is -0.0800. The van der Waals surface area contributed by atoms with Gasteiger partial charge in [-0.15, -0.1) is 0 Å². The Hall–Kier alpha value is 0.710. The van der Waals surface area contributed by atoms with Crippen LogP contribution in [0.4, 0.5) is 0 Å². The summed E-state index contributed by atoms with van der Waals surface area (Å²) < 4.78 is 9.72. The van der Waals surface area contributed by atoms with Crippen LogP contribution in [0, 0.1) is 0 Å². The molecule has 5 heteroatoms. The first kappa shape index (κ1) is 19.1. The van der Waals surface area contributed by atoms with Crippen molar-refractivity contribution in [2.24, 2.45) is 0 Å². The molecule has 0 rings (SSSR count). The SMILES string of the molecule is CCOC(C)O.CSOCCCCCCBr. The Morgan fingerprint density at radius 1 is 1.25 bits per heavy atom. The van der Waals surface area contributed by atoms with Crippen molar-refractivity contribution >= 4 is 28.0 Å². The smallest absolute Gasteiger partial charge is 0.151 e. The van der Waals surface area contributed by atoms with Gasteiger partial charge in [0.05, 0.1) is 6.61 Å². The van der Waals surface area contributed by atoms with E-state index in [2.05, 4.69) is 20.7 Å². The number of aliphatic hydroxyl groups is 1. The van der Waals surface area contributed by atoms with E-state index in [1.54, 1.807) is 6.92 Å². The highest BCUT2D eigenvalue weighted by Crippen LogP contribution is 2.04. The summed E-state index contributed by atoms with van der Waals surface area (Å²) in [6, 6.07) is 0. The predicted octanol–water partition coefficient (Wildman–Crippen LogP) is 3.60. The molecule has 1 N–H and O–H groups in total. The first-order valence-electron chi connectivity index (χ1n) is 5.70. The van der Waals surface area contributed by atoms with Crippen LogP contribution in [-0.4, -0.2) is 36.2 Å². The number of halogens is 1. The molecule has 0 spiro atoms. The second kappa shape index (κ2) is 18.1. The summed E-state index contributed by atoms with van der Waals surface area (Å²) >= 11 is 4.85. The molecule has 0 aromatic rings. The van der Waals surface area contributed by atoms with E-state index < -0.39 is 6.29 Å². The van der Waals surface area contributed by atoms with Crippen LogP contribution in [0.5, 0.6) is 0 Å². The standard InChI is InChI=1S/C7H15BrOS.C4H10O2/c1-10-9-7-5-3-2-4-6-8;1-3-6-4(2)5/h2-7H2,1H3;4-5H,3H2,1-2H3. The maximum Gasteiger partial charge on any atom is 0.151 e. The molecule has 0 heterocycles. The van der Waals surface area contributed by atoms with E-state index in [9.17, 15) is 0 Å². The number of alkyl halides is 1. The zero-order chi connectivity index (χ0) is 12.6. The number of aliphatic hydroxyl groups excluding tert-OH is 1. The van der Waals surface area contributed by atoms with E-state index in [1.807, 2.05) is 13.2 Å². The van der Waals surface area contributed by atoms with Gasteiger partial charge in [-0.05, 0) is 38.7 Å². The highest BCUT2D eigenvalue weighted by molar-refractivity contribution is 9.09. The normalized spacial score (nSPS) is 11.8. The quantitative estimate of drug-likeness (QED) is 0.305. The van der Waals surface area contributed by atoms with Gasteiger partial charge in [-0.25, -0.2) is 0 Å². The minimum absolute atomic E-state index is 0.581. The molecule has 0 saturated carbocycles. The number of unbranched alkanes of at least 4 members (excludes halogenated alkanes) is 3. The number of hydrogen-bond acceptors (Lipinski definition) is 4. The van der Waals surface area contributed by atoms with Crippen molar-refractivity contribution in [3.05, 3.63) is 0 Å². The highest BCUT2D eigenvalue weighted by atomic mass is 79.9. The molecule has 0 bridgehead atoms. The molecule has 16 heavy (non-hydrogen) atoms. The lowest BCUT2D eigenvalue weighted by Crippen LogP contribution is -2.04. The van der Waals surface area contributed by atoms with Crippen molar-refractivity contribution in [1.29, 1.82) is 0 Å². The van der Waals surface area contributed by atoms with Gasteiger partial charge in [0.2, 0.25) is 0 Å². The minimum atomic E-state index is -0.602. The first-order chi connectivity index (χ1) is 7.68. The number of ether oxygens (including phenoxy) is 1. The van der Waals surface area contributed by atoms with Crippen LogP contribution in [0.15, 0.2) is 0 Å². The van der Waals surface area contributed by atoms with Crippen LogP contribution in [0.25, 0.3) is 0 Å². The van der Waals surface area contributed by atoms with Gasteiger partial charge in [-0.2, -0.15) is 0 Å². The Bertz CT molecular complexity index is 107. The molecule has 0 aromatic heterocycles. The van der Waals surface area contributed by atoms with Gasteiger partial charge < -0.3 is 14.0 Å². The molecule has 0 radical (unpaired) electrons. The maximum atomic E-state index is 8.33. The molecule has 1 unspecified atom stereocenters. The van der Waals surface area contributed by atoms with Crippen LogP contribution >= 0.6 is 28.0 Å². The average Bonchev–Trinajstić information content (AvgIpc) is 2.24. The lowest BCUT2D eigenvalue weighted by atomic mass is 10.2. The fourth-order valence-electron chi connectivity index (χ4n) is 0.934. The van der Waals surface area contributed by atoms with E-state index in [1.165, 1.54) is 37.7 Å². The Labute approximate surface area is 113 Å². The van der Waals surface area contributed by atoms with E-state index >= 15 is 0 Å². The van der Waals surface area contributed by atoms with Crippen LogP contribution in [-0.2, 0) is 8.92 Å². The summed E-state index contributed by atoms with van der Waals surface area (Å²) in [5.74, 6) is 0. The number of hydrogen-bond donors (Lipinski definition) is 1. The van der Waals surface area contributed by atoms with Crippen molar-refractivity contribution in [2.75, 3.05) is 24.8 Å². The lowest BCUT2D eigenvalue weighted by Gasteiger charge is -1.99. The zero-order valence-corrected chi connectivity index (χ0v) is 13.0. The molecule has 0 aromatic carbocycles. The fourth-order valence-corrected chi connectivity index (χ4v) is 1.61. The molecule has 0 aliphatic carbocycles. The zero-order valence-electron chi connectivity index (χ0n) is 10.6. The third kappa shape index (κ3) is 24.1. The van der Waals surface area contributed by atoms with Gasteiger partial charge in [0.1, 0.15) is 0 Å². The number of rotatable bonds is 9. The first-order valence-corrected chi connectivity index (χ1v) is 7.97. The van der Waals surface area contributed by atoms with Crippen molar-refractivity contribution in [1.82, 2.24) is 0 Å². The summed E-state index contributed by atoms with van der Waals surface area (Å²) in [6.45, 7) is 4.91. The van der Waals surface area contributed by atoms with Crippen LogP contribution in [0.2, 0.25) is 0 Å². The Kier molecular flexibility index (Phi) is 21.5. The third-order valence-corrected chi connectivity index (χ3v) is 2.60. The van der Waals surface area contributed by atoms with Gasteiger partial charge >= 0.3 is 0 Å². The van der Waals surface area contributed by atoms with Crippen LogP contribution in [0.3, 0.4) is 0 Å². The largest absolute Gasteiger partial charge is 0.368 e. The summed E-state index contributed by atoms with van der Waals surface area (Å²) in [5, 5.41) is 9.47. The predicted molar refractivity (Wildman–Crippen MR) is 75.0 cm³/mol. The van der Waals surface area contributed by atoms with Gasteiger partial charge in [0.15, 0.2) is 6.29 Å². The van der Waals surface area contributed by atoms with Crippen LogP contribution < -0.4 is 0 Å². The Balaban J connectivity index is 0. The van der Waals surface area contributed by atoms with Crippen molar-refractivity contribution in [3.63, 3.8) is 0 Å². The van der Waals surface area contributed by atoms with E-state index in [0.717, 1.165) is 11.9 Å². The summed E-state index contributed by atoms with van der Waals surface area (Å²) in [6.07, 6.45) is 6.47. The van der Waals surface area contributed by atoms with E-state index in [4.69, 9.17) is 9.29 Å². The van der Waals surface area contributed by atoms with E-state index in [-0.39, 0.29) is 0 Å². The highest BCUT2D eigenvalue weighted by Gasteiger charge is 1.88. The fraction of sp³-hybridized carbons (Fsp3) is 1.00. The van der Waals surface area contributed by atoms with Gasteiger partial charge in [0.25, 0.3) is 0 Å². The van der Waals surface area contributed by atoms with Crippen molar-refractivity contribution in [3.8, 4) is 0 Å². The van der Waals surface area contributed by atoms with Gasteiger partial charge in [-0.3, -0.25) is 0 Å². The van der Waals surface area contributed by atoms with Crippen molar-refractivity contribution < 1.29 is 14.0 Å².